The monoisotopic (exact) mass is 291 g/mol. The third-order valence-electron chi connectivity index (χ3n) is 2.68. The number of para-hydroxylation sites is 2. The van der Waals surface area contributed by atoms with Crippen molar-refractivity contribution in [2.75, 3.05) is 0 Å². The zero-order valence-electron chi connectivity index (χ0n) is 11.6. The van der Waals surface area contributed by atoms with Crippen LogP contribution in [0.4, 0.5) is 17.3 Å². The summed E-state index contributed by atoms with van der Waals surface area (Å²) in [6, 6.07) is 8.42. The first-order chi connectivity index (χ1) is 9.36. The number of aryl methyl sites for hydroxylation is 2. The van der Waals surface area contributed by atoms with Gasteiger partial charge in [0.05, 0.1) is 5.21 Å². The van der Waals surface area contributed by atoms with E-state index < -0.39 is 7.25 Å². The van der Waals surface area contributed by atoms with Gasteiger partial charge < -0.3 is 17.3 Å². The second kappa shape index (κ2) is 7.26. The van der Waals surface area contributed by atoms with Gasteiger partial charge in [-0.1, -0.05) is 25.5 Å². The lowest BCUT2D eigenvalue weighted by Crippen LogP contribution is -2.37. The number of halogens is 4. The molecule has 0 spiro atoms. The molecule has 0 fully saturated rings. The van der Waals surface area contributed by atoms with Crippen LogP contribution < -0.4 is 4.68 Å². The zero-order valence-corrected chi connectivity index (χ0v) is 11.6. The van der Waals surface area contributed by atoms with E-state index in [1.165, 1.54) is 23.9 Å². The van der Waals surface area contributed by atoms with E-state index in [9.17, 15) is 17.3 Å². The number of rotatable bonds is 4. The highest BCUT2D eigenvalue weighted by molar-refractivity contribution is 6.50. The Bertz CT molecular complexity index is 533. The number of benzene rings is 1. The lowest BCUT2D eigenvalue weighted by molar-refractivity contribution is -0.733. The molecule has 1 aromatic heterocycles. The number of nitrogens with zero attached hydrogens (tertiary/aromatic N) is 3. The molecule has 8 heteroatoms. The van der Waals surface area contributed by atoms with Gasteiger partial charge in [-0.15, -0.1) is 9.36 Å². The van der Waals surface area contributed by atoms with Crippen molar-refractivity contribution in [3.8, 4) is 0 Å². The van der Waals surface area contributed by atoms with Gasteiger partial charge in [0.25, 0.3) is 0 Å². The van der Waals surface area contributed by atoms with Gasteiger partial charge >= 0.3 is 7.25 Å². The van der Waals surface area contributed by atoms with Crippen LogP contribution in [0.5, 0.6) is 0 Å². The largest absolute Gasteiger partial charge is 0.673 e. The Hall–Kier alpha value is -1.60. The maximum absolute atomic E-state index is 9.75. The molecule has 20 heavy (non-hydrogen) atoms. The van der Waals surface area contributed by atoms with Gasteiger partial charge in [-0.25, -0.2) is 0 Å². The Kier molecular flexibility index (Phi) is 5.97. The van der Waals surface area contributed by atoms with Crippen LogP contribution in [0.15, 0.2) is 24.3 Å². The summed E-state index contributed by atoms with van der Waals surface area (Å²) in [5.41, 5.74) is 2.48. The average Bonchev–Trinajstić information content (AvgIpc) is 2.73. The number of fused-ring (bicyclic) bond motifs is 1. The van der Waals surface area contributed by atoms with E-state index >= 15 is 0 Å². The number of aromatic nitrogens is 3. The van der Waals surface area contributed by atoms with Crippen molar-refractivity contribution in [3.63, 3.8) is 0 Å². The maximum atomic E-state index is 9.75. The van der Waals surface area contributed by atoms with Gasteiger partial charge in [0.15, 0.2) is 11.0 Å². The second-order valence-corrected chi connectivity index (χ2v) is 4.27. The molecule has 1 heterocycles. The summed E-state index contributed by atoms with van der Waals surface area (Å²) in [7, 11) is -6.00. The molecule has 2 aromatic rings. The van der Waals surface area contributed by atoms with Crippen LogP contribution in [0.1, 0.15) is 26.7 Å². The summed E-state index contributed by atoms with van der Waals surface area (Å²) in [4.78, 5) is 0. The van der Waals surface area contributed by atoms with Crippen LogP contribution in [0.2, 0.25) is 0 Å². The number of hydrogen-bond donors (Lipinski definition) is 0. The van der Waals surface area contributed by atoms with E-state index in [2.05, 4.69) is 52.7 Å². The van der Waals surface area contributed by atoms with Crippen LogP contribution >= 0.6 is 0 Å². The van der Waals surface area contributed by atoms with Gasteiger partial charge in [-0.05, 0) is 25.5 Å². The molecule has 3 nitrogen and oxygen atoms in total. The van der Waals surface area contributed by atoms with Crippen molar-refractivity contribution in [2.45, 2.75) is 39.8 Å². The molecule has 0 N–H and O–H groups in total. The van der Waals surface area contributed by atoms with Gasteiger partial charge in [-0.2, -0.15) is 0 Å². The summed E-state index contributed by atoms with van der Waals surface area (Å²) < 4.78 is 43.2. The maximum Gasteiger partial charge on any atom is 0.673 e. The molecule has 0 atom stereocenters. The van der Waals surface area contributed by atoms with Crippen molar-refractivity contribution in [1.29, 1.82) is 0 Å². The summed E-state index contributed by atoms with van der Waals surface area (Å²) in [5.74, 6) is 0. The van der Waals surface area contributed by atoms with Crippen LogP contribution in [0.3, 0.4) is 0 Å². The fourth-order valence-electron chi connectivity index (χ4n) is 1.83. The third-order valence-corrected chi connectivity index (χ3v) is 2.68. The Morgan fingerprint density at radius 1 is 1.15 bits per heavy atom. The molecule has 0 unspecified atom stereocenters. The van der Waals surface area contributed by atoms with Gasteiger partial charge in [0.2, 0.25) is 0 Å². The van der Waals surface area contributed by atoms with E-state index in [4.69, 9.17) is 0 Å². The van der Waals surface area contributed by atoms with Crippen molar-refractivity contribution in [2.24, 2.45) is 0 Å². The first-order valence-corrected chi connectivity index (χ1v) is 6.59. The second-order valence-electron chi connectivity index (χ2n) is 4.27. The Labute approximate surface area is 115 Å². The summed E-state index contributed by atoms with van der Waals surface area (Å²) in [5, 5.41) is 4.58. The SMILES string of the molecule is CCCC[n+]1nn(CC)c2ccccc21.F[B-](F)(F)F. The number of unbranched alkanes of at least 4 members (excludes halogenated alkanes) is 1. The van der Waals surface area contributed by atoms with Gasteiger partial charge in [0.1, 0.15) is 13.1 Å². The molecule has 0 amide bonds. The molecule has 0 bridgehead atoms. The first-order valence-electron chi connectivity index (χ1n) is 6.59. The minimum Gasteiger partial charge on any atom is -0.418 e. The Morgan fingerprint density at radius 3 is 2.30 bits per heavy atom. The highest BCUT2D eigenvalue weighted by Crippen LogP contribution is 2.08. The van der Waals surface area contributed by atoms with Crippen LogP contribution in [0.25, 0.3) is 11.0 Å². The Balaban J connectivity index is 0.000000347. The van der Waals surface area contributed by atoms with Crippen molar-refractivity contribution >= 4 is 18.3 Å². The number of hydrogen-bond acceptors (Lipinski definition) is 1. The van der Waals surface area contributed by atoms with Crippen LogP contribution in [-0.2, 0) is 13.1 Å². The lowest BCUT2D eigenvalue weighted by Gasteiger charge is -1.94. The molecule has 0 aliphatic rings. The first kappa shape index (κ1) is 16.5. The molecular weight excluding hydrogens is 273 g/mol. The topological polar surface area (TPSA) is 21.7 Å². The fraction of sp³-hybridized carbons (Fsp3) is 0.500. The standard InChI is InChI=1S/C12H18N3.BF4/c1-3-5-10-15-12-9-7-6-8-11(12)14(4-2)13-15;2-1(3,4)5/h6-9H,3-5,10H2,1-2H3;/q+1;-1. The predicted molar refractivity (Wildman–Crippen MR) is 70.7 cm³/mol. The molecule has 1 aromatic carbocycles. The molecule has 0 radical (unpaired) electrons. The normalized spacial score (nSPS) is 11.3. The van der Waals surface area contributed by atoms with E-state index in [0.717, 1.165) is 13.1 Å². The molecule has 2 rings (SSSR count). The minimum atomic E-state index is -6.00. The summed E-state index contributed by atoms with van der Waals surface area (Å²) in [6.45, 7) is 6.28. The smallest absolute Gasteiger partial charge is 0.418 e. The highest BCUT2D eigenvalue weighted by atomic mass is 19.5. The summed E-state index contributed by atoms with van der Waals surface area (Å²) >= 11 is 0. The van der Waals surface area contributed by atoms with Crippen molar-refractivity contribution in [3.05, 3.63) is 24.3 Å². The lowest BCUT2D eigenvalue weighted by atomic mass is 10.3. The predicted octanol–water partition coefficient (Wildman–Crippen LogP) is 3.44. The fourth-order valence-corrected chi connectivity index (χ4v) is 1.83. The molecule has 0 aliphatic carbocycles. The molecule has 0 saturated heterocycles. The average molecular weight is 291 g/mol. The summed E-state index contributed by atoms with van der Waals surface area (Å²) in [6.07, 6.45) is 2.40. The van der Waals surface area contributed by atoms with Crippen molar-refractivity contribution in [1.82, 2.24) is 9.90 Å². The highest BCUT2D eigenvalue weighted by Gasteiger charge is 2.20. The van der Waals surface area contributed by atoms with E-state index in [-0.39, 0.29) is 0 Å². The molecular formula is C12H18BF4N3. The third kappa shape index (κ3) is 5.18. The zero-order chi connectivity index (χ0) is 15.2. The van der Waals surface area contributed by atoms with Gasteiger partial charge in [-0.3, -0.25) is 0 Å². The minimum absolute atomic E-state index is 0.930. The molecule has 112 valence electrons. The van der Waals surface area contributed by atoms with Crippen LogP contribution in [-0.4, -0.2) is 17.1 Å². The molecule has 0 saturated carbocycles. The van der Waals surface area contributed by atoms with E-state index in [1.54, 1.807) is 0 Å². The van der Waals surface area contributed by atoms with Crippen LogP contribution in [0, 0.1) is 0 Å². The van der Waals surface area contributed by atoms with E-state index in [0.29, 0.717) is 0 Å². The van der Waals surface area contributed by atoms with Crippen molar-refractivity contribution < 1.29 is 21.9 Å². The van der Waals surface area contributed by atoms with Gasteiger partial charge in [0, 0.05) is 0 Å². The van der Waals surface area contributed by atoms with E-state index in [1.807, 2.05) is 0 Å². The Morgan fingerprint density at radius 2 is 1.75 bits per heavy atom. The quantitative estimate of drug-likeness (QED) is 0.480. The molecule has 0 aliphatic heterocycles.